The number of rotatable bonds is 20. The molecule has 0 aliphatic carbocycles. The molecule has 8 aromatic rings. The lowest BCUT2D eigenvalue weighted by atomic mass is 9.98. The Bertz CT molecular complexity index is 5670. The average molecular weight is 1720 g/mol. The van der Waals surface area contributed by atoms with E-state index < -0.39 is 85.6 Å². The van der Waals surface area contributed by atoms with E-state index >= 15 is 0 Å². The Labute approximate surface area is 685 Å². The Kier molecular flexibility index (Phi) is 30.3. The molecule has 0 saturated carbocycles. The van der Waals surface area contributed by atoms with Crippen molar-refractivity contribution in [3.8, 4) is 5.75 Å². The monoisotopic (exact) mass is 1720 g/mol. The van der Waals surface area contributed by atoms with Crippen molar-refractivity contribution in [2.24, 2.45) is 0 Å². The molecule has 37 heteroatoms. The van der Waals surface area contributed by atoms with E-state index in [1.54, 1.807) is 143 Å². The summed E-state index contributed by atoms with van der Waals surface area (Å²) < 4.78 is 138. The van der Waals surface area contributed by atoms with Crippen molar-refractivity contribution in [3.63, 3.8) is 0 Å². The predicted molar refractivity (Wildman–Crippen MR) is 432 cm³/mol. The molecule has 5 amide bonds. The van der Waals surface area contributed by atoms with Crippen LogP contribution in [-0.4, -0.2) is 169 Å². The molecule has 0 radical (unpaired) electrons. The number of benzene rings is 8. The van der Waals surface area contributed by atoms with Gasteiger partial charge in [-0.25, -0.2) is 69.5 Å². The number of unbranched alkanes of at least 4 members (excludes halogenated alkanes) is 1. The van der Waals surface area contributed by atoms with Gasteiger partial charge in [-0.1, -0.05) is 113 Å². The Morgan fingerprint density at radius 1 is 0.373 bits per heavy atom. The molecule has 0 saturated heterocycles. The third-order valence-electron chi connectivity index (χ3n) is 20.7. The summed E-state index contributed by atoms with van der Waals surface area (Å²) >= 11 is 0. The zero-order valence-corrected chi connectivity index (χ0v) is 69.3. The Hall–Kier alpha value is -10.1. The summed E-state index contributed by atoms with van der Waals surface area (Å²) in [6.45, 7) is 11.2. The summed E-state index contributed by atoms with van der Waals surface area (Å²) in [5.41, 5.74) is 21.3. The number of esters is 1. The number of nitrogens with one attached hydrogen (secondary N) is 5. The fraction of sp³-hybridized carbons (Fsp3) is 0.333. The standard InChI is InChI=1S/C19H22N2O4S.C18H16N2O6S.C17H18N2O4S.C14H20N2O4S.C13H18N2O4S/c1-13(2)14-5-7-18(8-6-14)26(24,25)21-10-9-15-11-16(19(22)20-23)3-4-17(15)12-21;21-17-8-12-3-4-15(9-16(12)26-17)27(24,25)20-6-5-11-7-13(18(22)19-23)1-2-14(11)10-20;20-17(18-21)15-6-7-16-11-19(9-8-14(16)10-15)24(22,23)12-13-4-2-1-3-5-13;1-2-3-8-21(19,20)16-7-6-11-9-12(14(17)15-18)4-5-13(11)10-16;1-2-7-20(18,19)15-6-5-10-8-11(13(16)14-17)3-4-12(10)9-15/h3-8,11,13,23H,9-10,12H2,1-2H3,(H,20,22);1-4,7,9,23H,5-6,8,10H2,(H,19,22);1-7,10,21H,8-9,11-12H2,(H,18,20);4-5,9,18H,2-3,6-8,10H2,1H3,(H,15,17);3-4,8,17H,2,5-7,9H2,1H3,(H,14,16). The minimum Gasteiger partial charge on any atom is -0.426 e. The first-order chi connectivity index (χ1) is 56.1. The third-order valence-corrected chi connectivity index (χ3v) is 30.2. The summed E-state index contributed by atoms with van der Waals surface area (Å²) in [5, 5.41) is 43.4. The molecule has 6 aliphatic heterocycles. The molecule has 0 spiro atoms. The molecular formula is C81H94N10O22S5. The molecule has 0 atom stereocenters. The first-order valence-corrected chi connectivity index (χ1v) is 45.6. The maximum Gasteiger partial charge on any atom is 0.315 e. The zero-order valence-electron chi connectivity index (χ0n) is 65.2. The largest absolute Gasteiger partial charge is 0.426 e. The van der Waals surface area contributed by atoms with Crippen molar-refractivity contribution >= 4 is 85.6 Å². The van der Waals surface area contributed by atoms with Gasteiger partial charge < -0.3 is 4.74 Å². The number of sulfonamides is 5. The minimum absolute atomic E-state index is 0.0197. The lowest BCUT2D eigenvalue weighted by molar-refractivity contribution is -0.131. The third kappa shape index (κ3) is 22.3. The molecule has 118 heavy (non-hydrogen) atoms. The maximum absolute atomic E-state index is 13.0. The molecular weight excluding hydrogens is 1630 g/mol. The fourth-order valence-electron chi connectivity index (χ4n) is 14.1. The highest BCUT2D eigenvalue weighted by Gasteiger charge is 2.35. The van der Waals surface area contributed by atoms with Crippen LogP contribution in [0.4, 0.5) is 0 Å². The van der Waals surface area contributed by atoms with Crippen molar-refractivity contribution in [2.45, 2.75) is 140 Å². The van der Waals surface area contributed by atoms with Crippen LogP contribution in [0.3, 0.4) is 0 Å². The highest BCUT2D eigenvalue weighted by molar-refractivity contribution is 7.90. The number of fused-ring (bicyclic) bond motifs is 6. The van der Waals surface area contributed by atoms with Gasteiger partial charge in [0, 0.05) is 105 Å². The summed E-state index contributed by atoms with van der Waals surface area (Å²) in [5.74, 6) is -2.31. The van der Waals surface area contributed by atoms with Gasteiger partial charge in [0.2, 0.25) is 50.1 Å². The number of carbonyl (C=O) groups is 6. The van der Waals surface area contributed by atoms with E-state index in [1.807, 2.05) is 44.2 Å². The highest BCUT2D eigenvalue weighted by atomic mass is 32.2. The van der Waals surface area contributed by atoms with Crippen molar-refractivity contribution < 1.29 is 102 Å². The van der Waals surface area contributed by atoms with E-state index in [4.69, 9.17) is 30.8 Å². The lowest BCUT2D eigenvalue weighted by Gasteiger charge is -2.28. The van der Waals surface area contributed by atoms with Crippen LogP contribution in [0.5, 0.6) is 5.75 Å². The van der Waals surface area contributed by atoms with Gasteiger partial charge >= 0.3 is 5.97 Å². The van der Waals surface area contributed by atoms with Gasteiger partial charge in [0.15, 0.2) is 0 Å². The molecule has 10 N–H and O–H groups in total. The first-order valence-electron chi connectivity index (χ1n) is 37.9. The second-order valence-electron chi connectivity index (χ2n) is 28.9. The molecule has 630 valence electrons. The van der Waals surface area contributed by atoms with Crippen LogP contribution in [0, 0.1) is 0 Å². The Balaban J connectivity index is 0.000000156. The Morgan fingerprint density at radius 2 is 0.695 bits per heavy atom. The topological polar surface area (TPSA) is 460 Å². The smallest absolute Gasteiger partial charge is 0.315 e. The molecule has 6 heterocycles. The van der Waals surface area contributed by atoms with Crippen LogP contribution in [-0.2, 0) is 132 Å². The first kappa shape index (κ1) is 90.3. The number of amides is 5. The van der Waals surface area contributed by atoms with Crippen molar-refractivity contribution in [3.05, 3.63) is 264 Å². The number of hydrogen-bond acceptors (Lipinski definition) is 22. The molecule has 0 aromatic heterocycles. The molecule has 0 bridgehead atoms. The summed E-state index contributed by atoms with van der Waals surface area (Å²) in [7, 11) is -17.1. The Morgan fingerprint density at radius 3 is 1.04 bits per heavy atom. The zero-order chi connectivity index (χ0) is 85.4. The van der Waals surface area contributed by atoms with Crippen LogP contribution in [0.25, 0.3) is 0 Å². The van der Waals surface area contributed by atoms with Gasteiger partial charge in [-0.05, 0) is 196 Å². The van der Waals surface area contributed by atoms with Crippen LogP contribution >= 0.6 is 0 Å². The molecule has 6 aliphatic rings. The quantitative estimate of drug-likeness (QED) is 0.0152. The second-order valence-corrected chi connectivity index (χ2v) is 38.9. The number of nitrogens with zero attached hydrogens (tertiary/aromatic N) is 5. The van der Waals surface area contributed by atoms with Crippen molar-refractivity contribution in [1.82, 2.24) is 48.9 Å². The van der Waals surface area contributed by atoms with Crippen LogP contribution in [0.15, 0.2) is 174 Å². The predicted octanol–water partition coefficient (Wildman–Crippen LogP) is 7.58. The van der Waals surface area contributed by atoms with E-state index in [-0.39, 0.29) is 54.0 Å². The van der Waals surface area contributed by atoms with Crippen LogP contribution < -0.4 is 32.1 Å². The van der Waals surface area contributed by atoms with Crippen molar-refractivity contribution in [2.75, 3.05) is 44.2 Å². The highest BCUT2D eigenvalue weighted by Crippen LogP contribution is 2.34. The van der Waals surface area contributed by atoms with Crippen molar-refractivity contribution in [1.29, 1.82) is 0 Å². The van der Waals surface area contributed by atoms with Gasteiger partial charge in [-0.3, -0.25) is 54.8 Å². The minimum atomic E-state index is -3.75. The lowest BCUT2D eigenvalue weighted by Crippen LogP contribution is -2.37. The van der Waals surface area contributed by atoms with E-state index in [9.17, 15) is 70.9 Å². The molecule has 0 unspecified atom stereocenters. The molecule has 0 fully saturated rings. The van der Waals surface area contributed by atoms with Gasteiger partial charge in [-0.2, -0.15) is 21.5 Å². The number of ether oxygens (including phenoxy) is 1. The van der Waals surface area contributed by atoms with E-state index in [0.717, 1.165) is 73.2 Å². The molecule has 14 rings (SSSR count). The molecule has 32 nitrogen and oxygen atoms in total. The van der Waals surface area contributed by atoms with Gasteiger partial charge in [0.05, 0.1) is 33.5 Å². The fourth-order valence-corrected chi connectivity index (χ4v) is 21.5. The van der Waals surface area contributed by atoms with Crippen LogP contribution in [0.2, 0.25) is 0 Å². The summed E-state index contributed by atoms with van der Waals surface area (Å²) in [6.07, 6.45) is 4.92. The SMILES string of the molecule is CC(C)c1ccc(S(=O)(=O)N2CCc3cc(C(=O)NO)ccc3C2)cc1.CCCCS(=O)(=O)N1CCc2cc(C(=O)NO)ccc2C1.CCCS(=O)(=O)N1CCc2cc(C(=O)NO)ccc2C1.O=C(NO)c1ccc2c(c1)CCN(S(=O)(=O)Cc1ccccc1)C2.O=C1Cc2ccc(S(=O)(=O)N3CCc4cc(C(=O)NO)ccc4C3)cc2O1. The molecule has 8 aromatic carbocycles. The number of hydrogen-bond donors (Lipinski definition) is 10. The van der Waals surface area contributed by atoms with E-state index in [0.29, 0.717) is 135 Å². The number of carbonyl (C=O) groups excluding carboxylic acids is 6. The number of hydroxylamine groups is 5. The summed E-state index contributed by atoms with van der Waals surface area (Å²) in [4.78, 5) is 69.0. The van der Waals surface area contributed by atoms with Crippen LogP contribution in [0.1, 0.15) is 177 Å². The van der Waals surface area contributed by atoms with Gasteiger partial charge in [0.1, 0.15) is 5.75 Å². The van der Waals surface area contributed by atoms with Gasteiger partial charge in [0.25, 0.3) is 29.5 Å². The maximum atomic E-state index is 13.0. The second kappa shape index (κ2) is 39.7. The van der Waals surface area contributed by atoms with E-state index in [2.05, 4.69) is 13.8 Å². The normalized spacial score (nSPS) is 15.5. The summed E-state index contributed by atoms with van der Waals surface area (Å²) in [6, 6.07) is 45.6. The van der Waals surface area contributed by atoms with Gasteiger partial charge in [-0.15, -0.1) is 0 Å². The van der Waals surface area contributed by atoms with E-state index in [1.165, 1.54) is 39.7 Å². The average Bonchev–Trinajstić information content (AvgIpc) is 1.29.